The molecule has 124 valence electrons. The smallest absolute Gasteiger partial charge is 0.349 e. The first-order chi connectivity index (χ1) is 11.5. The Labute approximate surface area is 137 Å². The monoisotopic (exact) mass is 328 g/mol. The van der Waals surface area contributed by atoms with E-state index in [0.29, 0.717) is 16.9 Å². The van der Waals surface area contributed by atoms with Crippen molar-refractivity contribution in [1.82, 2.24) is 15.0 Å². The van der Waals surface area contributed by atoms with Gasteiger partial charge in [0.2, 0.25) is 5.88 Å². The van der Waals surface area contributed by atoms with Crippen molar-refractivity contribution in [2.45, 2.75) is 19.8 Å². The third-order valence-electron chi connectivity index (χ3n) is 3.71. The van der Waals surface area contributed by atoms with Gasteiger partial charge in [-0.25, -0.2) is 9.59 Å². The molecule has 0 aliphatic carbocycles. The normalized spacial score (nSPS) is 16.3. The maximum absolute atomic E-state index is 12.5. The van der Waals surface area contributed by atoms with Gasteiger partial charge >= 0.3 is 11.7 Å². The van der Waals surface area contributed by atoms with E-state index < -0.39 is 17.6 Å². The van der Waals surface area contributed by atoms with Crippen LogP contribution in [0.15, 0.2) is 40.7 Å². The summed E-state index contributed by atoms with van der Waals surface area (Å²) in [5, 5.41) is 0. The molecule has 0 fully saturated rings. The van der Waals surface area contributed by atoms with Crippen molar-refractivity contribution >= 4 is 11.8 Å². The average Bonchev–Trinajstić information content (AvgIpc) is 2.54. The van der Waals surface area contributed by atoms with Crippen LogP contribution >= 0.6 is 0 Å². The lowest BCUT2D eigenvalue weighted by atomic mass is 9.83. The minimum atomic E-state index is -0.618. The highest BCUT2D eigenvalue weighted by Gasteiger charge is 2.37. The maximum Gasteiger partial charge on any atom is 0.349 e. The Morgan fingerprint density at radius 2 is 2.12 bits per heavy atom. The Kier molecular flexibility index (Phi) is 4.03. The van der Waals surface area contributed by atoms with Gasteiger partial charge < -0.3 is 15.2 Å². The Balaban J connectivity index is 2.26. The number of aromatic nitrogens is 3. The van der Waals surface area contributed by atoms with Crippen molar-refractivity contribution in [2.24, 2.45) is 0 Å². The van der Waals surface area contributed by atoms with Crippen molar-refractivity contribution in [1.29, 1.82) is 0 Å². The summed E-state index contributed by atoms with van der Waals surface area (Å²) in [6.07, 6.45) is 3.22. The molecule has 8 nitrogen and oxygen atoms in total. The van der Waals surface area contributed by atoms with Crippen molar-refractivity contribution < 1.29 is 14.3 Å². The van der Waals surface area contributed by atoms with Crippen LogP contribution in [0.1, 0.15) is 30.9 Å². The molecule has 0 radical (unpaired) electrons. The van der Waals surface area contributed by atoms with Crippen LogP contribution in [0.25, 0.3) is 0 Å². The zero-order valence-electron chi connectivity index (χ0n) is 13.2. The number of allylic oxidation sites excluding steroid dienone is 1. The van der Waals surface area contributed by atoms with Crippen LogP contribution < -0.4 is 16.2 Å². The van der Waals surface area contributed by atoms with Crippen molar-refractivity contribution in [3.63, 3.8) is 0 Å². The zero-order chi connectivity index (χ0) is 17.3. The molecular weight excluding hydrogens is 312 g/mol. The van der Waals surface area contributed by atoms with Crippen molar-refractivity contribution in [3.05, 3.63) is 57.5 Å². The molecule has 3 rings (SSSR count). The second kappa shape index (κ2) is 6.15. The quantitative estimate of drug-likeness (QED) is 0.810. The number of nitrogens with one attached hydrogen (secondary N) is 1. The van der Waals surface area contributed by atoms with E-state index in [1.807, 2.05) is 0 Å². The molecule has 0 saturated heterocycles. The number of H-pyrrole nitrogens is 1. The predicted octanol–water partition coefficient (Wildman–Crippen LogP) is 1.11. The lowest BCUT2D eigenvalue weighted by Crippen LogP contribution is -2.27. The number of carbonyl (C=O) groups excluding carboxylic acids is 1. The minimum Gasteiger partial charge on any atom is -0.463 e. The summed E-state index contributed by atoms with van der Waals surface area (Å²) in [6.45, 7) is 3.58. The topological polar surface area (TPSA) is 120 Å². The van der Waals surface area contributed by atoms with E-state index in [2.05, 4.69) is 15.0 Å². The molecular formula is C16H16N4O4. The van der Waals surface area contributed by atoms with Gasteiger partial charge in [0, 0.05) is 12.4 Å². The van der Waals surface area contributed by atoms with Gasteiger partial charge in [0.15, 0.2) is 0 Å². The fraction of sp³-hybridized carbons (Fsp3) is 0.250. The largest absolute Gasteiger partial charge is 0.463 e. The fourth-order valence-corrected chi connectivity index (χ4v) is 2.74. The van der Waals surface area contributed by atoms with Crippen LogP contribution in [0.3, 0.4) is 0 Å². The van der Waals surface area contributed by atoms with E-state index in [4.69, 9.17) is 15.2 Å². The number of nitrogen functional groups attached to an aromatic ring is 1. The molecule has 8 heteroatoms. The summed E-state index contributed by atoms with van der Waals surface area (Å²) in [5.74, 6) is -0.571. The molecule has 2 aromatic heterocycles. The number of anilines is 1. The number of esters is 1. The summed E-state index contributed by atoms with van der Waals surface area (Å²) >= 11 is 0. The Morgan fingerprint density at radius 1 is 1.42 bits per heavy atom. The standard InChI is InChI=1S/C16H16N4O4/c1-3-23-15(21)10-8(2)24-14-12(13(17)19-16(22)20-14)11(10)9-4-6-18-7-5-9/h4-7,11H,3H2,1-2H3,(H3,17,19,20,22). The molecule has 0 bridgehead atoms. The fourth-order valence-electron chi connectivity index (χ4n) is 2.74. The van der Waals surface area contributed by atoms with Crippen LogP contribution in [-0.4, -0.2) is 27.5 Å². The molecule has 1 aliphatic rings. The van der Waals surface area contributed by atoms with E-state index in [-0.39, 0.29) is 18.3 Å². The van der Waals surface area contributed by atoms with Crippen LogP contribution in [0.5, 0.6) is 5.88 Å². The predicted molar refractivity (Wildman–Crippen MR) is 85.3 cm³/mol. The number of carbonyl (C=O) groups is 1. The molecule has 2 aromatic rings. The highest BCUT2D eigenvalue weighted by atomic mass is 16.5. The summed E-state index contributed by atoms with van der Waals surface area (Å²) in [4.78, 5) is 34.3. The van der Waals surface area contributed by atoms with E-state index in [1.165, 1.54) is 0 Å². The Morgan fingerprint density at radius 3 is 2.79 bits per heavy atom. The maximum atomic E-state index is 12.5. The number of hydrogen-bond donors (Lipinski definition) is 2. The second-order valence-electron chi connectivity index (χ2n) is 5.18. The number of rotatable bonds is 3. The van der Waals surface area contributed by atoms with Crippen LogP contribution in [-0.2, 0) is 9.53 Å². The number of ether oxygens (including phenoxy) is 2. The van der Waals surface area contributed by atoms with E-state index in [9.17, 15) is 9.59 Å². The van der Waals surface area contributed by atoms with Crippen LogP contribution in [0, 0.1) is 0 Å². The molecule has 3 N–H and O–H groups in total. The molecule has 0 aromatic carbocycles. The zero-order valence-corrected chi connectivity index (χ0v) is 13.2. The minimum absolute atomic E-state index is 0.0867. The molecule has 0 amide bonds. The number of fused-ring (bicyclic) bond motifs is 1. The van der Waals surface area contributed by atoms with E-state index in [1.54, 1.807) is 38.4 Å². The molecule has 24 heavy (non-hydrogen) atoms. The van der Waals surface area contributed by atoms with Crippen molar-refractivity contribution in [2.75, 3.05) is 12.3 Å². The molecule has 1 atom stereocenters. The molecule has 0 saturated carbocycles. The molecule has 3 heterocycles. The van der Waals surface area contributed by atoms with Gasteiger partial charge in [0.25, 0.3) is 0 Å². The molecule has 1 aliphatic heterocycles. The lowest BCUT2D eigenvalue weighted by Gasteiger charge is -2.28. The SMILES string of the molecule is CCOC(=O)C1=C(C)Oc2nc(=O)[nH]c(N)c2C1c1ccncc1. The number of aromatic amines is 1. The van der Waals surface area contributed by atoms with Crippen LogP contribution in [0.4, 0.5) is 5.82 Å². The van der Waals surface area contributed by atoms with Gasteiger partial charge in [-0.05, 0) is 31.5 Å². The number of hydrogen-bond acceptors (Lipinski definition) is 7. The number of pyridine rings is 1. The third-order valence-corrected chi connectivity index (χ3v) is 3.71. The first-order valence-electron chi connectivity index (χ1n) is 7.38. The lowest BCUT2D eigenvalue weighted by molar-refractivity contribution is -0.139. The molecule has 1 unspecified atom stereocenters. The van der Waals surface area contributed by atoms with Gasteiger partial charge in [-0.15, -0.1) is 0 Å². The summed E-state index contributed by atoms with van der Waals surface area (Å²) in [5.41, 5.74) is 6.87. The first-order valence-corrected chi connectivity index (χ1v) is 7.38. The van der Waals surface area contributed by atoms with E-state index >= 15 is 0 Å². The van der Waals surface area contributed by atoms with Crippen LogP contribution in [0.2, 0.25) is 0 Å². The summed E-state index contributed by atoms with van der Waals surface area (Å²) < 4.78 is 10.7. The first kappa shape index (κ1) is 15.7. The van der Waals surface area contributed by atoms with E-state index in [0.717, 1.165) is 5.56 Å². The van der Waals surface area contributed by atoms with Gasteiger partial charge in [-0.2, -0.15) is 4.98 Å². The highest BCUT2D eigenvalue weighted by Crippen LogP contribution is 2.43. The molecule has 0 spiro atoms. The third kappa shape index (κ3) is 2.62. The van der Waals surface area contributed by atoms with Crippen molar-refractivity contribution in [3.8, 4) is 5.88 Å². The average molecular weight is 328 g/mol. The Bertz CT molecular complexity index is 873. The number of nitrogens with zero attached hydrogens (tertiary/aromatic N) is 2. The van der Waals surface area contributed by atoms with Gasteiger partial charge in [-0.3, -0.25) is 9.97 Å². The Hall–Kier alpha value is -3.16. The second-order valence-corrected chi connectivity index (χ2v) is 5.18. The summed E-state index contributed by atoms with van der Waals surface area (Å²) in [6, 6.07) is 3.52. The van der Waals surface area contributed by atoms with Gasteiger partial charge in [-0.1, -0.05) is 0 Å². The van der Waals surface area contributed by atoms with Gasteiger partial charge in [0.05, 0.1) is 23.7 Å². The van der Waals surface area contributed by atoms with Gasteiger partial charge in [0.1, 0.15) is 11.6 Å². The summed E-state index contributed by atoms with van der Waals surface area (Å²) in [7, 11) is 0. The highest BCUT2D eigenvalue weighted by molar-refractivity contribution is 5.93. The number of nitrogens with two attached hydrogens (primary N) is 1.